The fraction of sp³-hybridized carbons (Fsp3) is 0.235. The van der Waals surface area contributed by atoms with E-state index in [9.17, 15) is 0 Å². The maximum atomic E-state index is 5.32. The van der Waals surface area contributed by atoms with Crippen LogP contribution in [0.3, 0.4) is 0 Å². The number of thiocarbonyl (C=S) groups is 1. The predicted molar refractivity (Wildman–Crippen MR) is 98.7 cm³/mol. The molecule has 3 aromatic rings. The first kappa shape index (κ1) is 16.2. The molecule has 7 heteroatoms. The van der Waals surface area contributed by atoms with Crippen LogP contribution in [-0.2, 0) is 19.6 Å². The standard InChI is InChI=1S/C17H20N6S/c1-2-22-11-15(9-19-22)12-23-13-16(10-20-23)21-17(24)18-8-14-6-4-3-5-7-14/h3-7,9-11,13H,2,8,12H2,1H3,(H2,18,21,24). The zero-order valence-corrected chi connectivity index (χ0v) is 14.3. The van der Waals surface area contributed by atoms with Crippen LogP contribution >= 0.6 is 12.2 Å². The van der Waals surface area contributed by atoms with Crippen LogP contribution < -0.4 is 10.6 Å². The molecule has 2 heterocycles. The van der Waals surface area contributed by atoms with Crippen molar-refractivity contribution in [3.63, 3.8) is 0 Å². The van der Waals surface area contributed by atoms with Crippen molar-refractivity contribution in [2.75, 3.05) is 5.32 Å². The summed E-state index contributed by atoms with van der Waals surface area (Å²) in [5.74, 6) is 0. The second-order valence-electron chi connectivity index (χ2n) is 5.42. The molecule has 0 bridgehead atoms. The number of nitrogens with one attached hydrogen (secondary N) is 2. The van der Waals surface area contributed by atoms with E-state index in [0.29, 0.717) is 18.2 Å². The summed E-state index contributed by atoms with van der Waals surface area (Å²) in [5, 5.41) is 15.5. The number of anilines is 1. The van der Waals surface area contributed by atoms with Crippen LogP contribution in [0.2, 0.25) is 0 Å². The molecule has 2 aromatic heterocycles. The number of benzene rings is 1. The fourth-order valence-corrected chi connectivity index (χ4v) is 2.51. The van der Waals surface area contributed by atoms with Crippen LogP contribution in [0.1, 0.15) is 18.1 Å². The first-order valence-electron chi connectivity index (χ1n) is 7.85. The van der Waals surface area contributed by atoms with E-state index < -0.39 is 0 Å². The van der Waals surface area contributed by atoms with Gasteiger partial charge >= 0.3 is 0 Å². The number of hydrogen-bond acceptors (Lipinski definition) is 3. The molecule has 0 radical (unpaired) electrons. The zero-order chi connectivity index (χ0) is 16.8. The summed E-state index contributed by atoms with van der Waals surface area (Å²) in [6.45, 7) is 4.31. The Hall–Kier alpha value is -2.67. The molecule has 0 saturated heterocycles. The Bertz CT molecular complexity index is 792. The Kier molecular flexibility index (Phi) is 5.22. The molecule has 0 atom stereocenters. The van der Waals surface area contributed by atoms with E-state index in [1.165, 1.54) is 5.56 Å². The maximum Gasteiger partial charge on any atom is 0.171 e. The topological polar surface area (TPSA) is 59.7 Å². The van der Waals surface area contributed by atoms with Crippen molar-refractivity contribution >= 4 is 23.0 Å². The highest BCUT2D eigenvalue weighted by atomic mass is 32.1. The molecule has 0 amide bonds. The molecule has 2 N–H and O–H groups in total. The molecule has 6 nitrogen and oxygen atoms in total. The molecule has 3 rings (SSSR count). The normalized spacial score (nSPS) is 10.5. The molecule has 24 heavy (non-hydrogen) atoms. The second kappa shape index (κ2) is 7.74. The van der Waals surface area contributed by atoms with Gasteiger partial charge in [-0.15, -0.1) is 0 Å². The summed E-state index contributed by atoms with van der Waals surface area (Å²) in [4.78, 5) is 0. The van der Waals surface area contributed by atoms with Crippen molar-refractivity contribution in [3.8, 4) is 0 Å². The molecular formula is C17H20N6S. The highest BCUT2D eigenvalue weighted by Gasteiger charge is 2.04. The van der Waals surface area contributed by atoms with Crippen molar-refractivity contribution < 1.29 is 0 Å². The number of rotatable bonds is 6. The van der Waals surface area contributed by atoms with Gasteiger partial charge in [-0.05, 0) is 24.7 Å². The SMILES string of the molecule is CCn1cc(Cn2cc(NC(=S)NCc3ccccc3)cn2)cn1. The zero-order valence-electron chi connectivity index (χ0n) is 13.5. The van der Waals surface area contributed by atoms with Crippen molar-refractivity contribution in [3.05, 3.63) is 66.2 Å². The predicted octanol–water partition coefficient (Wildman–Crippen LogP) is 2.63. The van der Waals surface area contributed by atoms with Crippen LogP contribution in [0.25, 0.3) is 0 Å². The van der Waals surface area contributed by atoms with Crippen molar-refractivity contribution in [2.45, 2.75) is 26.6 Å². The van der Waals surface area contributed by atoms with Gasteiger partial charge in [0.05, 0.1) is 24.6 Å². The number of nitrogens with zero attached hydrogens (tertiary/aromatic N) is 4. The minimum absolute atomic E-state index is 0.581. The Morgan fingerprint density at radius 1 is 1.04 bits per heavy atom. The van der Waals surface area contributed by atoms with Crippen LogP contribution in [0.4, 0.5) is 5.69 Å². The summed E-state index contributed by atoms with van der Waals surface area (Å²) in [7, 11) is 0. The van der Waals surface area contributed by atoms with E-state index in [0.717, 1.165) is 17.8 Å². The van der Waals surface area contributed by atoms with E-state index in [2.05, 4.69) is 39.9 Å². The van der Waals surface area contributed by atoms with Gasteiger partial charge in [0, 0.05) is 31.0 Å². The lowest BCUT2D eigenvalue weighted by Gasteiger charge is -2.08. The second-order valence-corrected chi connectivity index (χ2v) is 5.83. The Balaban J connectivity index is 1.50. The molecule has 0 aliphatic heterocycles. The number of aromatic nitrogens is 4. The summed E-state index contributed by atoms with van der Waals surface area (Å²) < 4.78 is 3.76. The fourth-order valence-electron chi connectivity index (χ4n) is 2.32. The third kappa shape index (κ3) is 4.42. The van der Waals surface area contributed by atoms with Gasteiger partial charge in [-0.1, -0.05) is 30.3 Å². The van der Waals surface area contributed by atoms with Crippen molar-refractivity contribution in [1.29, 1.82) is 0 Å². The lowest BCUT2D eigenvalue weighted by molar-refractivity contribution is 0.654. The van der Waals surface area contributed by atoms with Crippen LogP contribution in [0.15, 0.2) is 55.1 Å². The lowest BCUT2D eigenvalue weighted by Crippen LogP contribution is -2.27. The average Bonchev–Trinajstić information content (AvgIpc) is 3.24. The summed E-state index contributed by atoms with van der Waals surface area (Å²) in [5.41, 5.74) is 3.17. The monoisotopic (exact) mass is 340 g/mol. The molecule has 0 aliphatic rings. The Labute approximate surface area is 146 Å². The summed E-state index contributed by atoms with van der Waals surface area (Å²) in [6, 6.07) is 10.1. The average molecular weight is 340 g/mol. The van der Waals surface area contributed by atoms with E-state index in [4.69, 9.17) is 12.2 Å². The highest BCUT2D eigenvalue weighted by molar-refractivity contribution is 7.80. The quantitative estimate of drug-likeness (QED) is 0.676. The Morgan fingerprint density at radius 3 is 2.58 bits per heavy atom. The van der Waals surface area contributed by atoms with Gasteiger partial charge in [0.25, 0.3) is 0 Å². The van der Waals surface area contributed by atoms with Crippen molar-refractivity contribution in [2.24, 2.45) is 0 Å². The molecular weight excluding hydrogens is 320 g/mol. The van der Waals surface area contributed by atoms with Gasteiger partial charge in [0.15, 0.2) is 5.11 Å². The lowest BCUT2D eigenvalue weighted by atomic mass is 10.2. The molecule has 0 unspecified atom stereocenters. The van der Waals surface area contributed by atoms with Gasteiger partial charge in [0.2, 0.25) is 0 Å². The Morgan fingerprint density at radius 2 is 1.83 bits per heavy atom. The largest absolute Gasteiger partial charge is 0.358 e. The molecule has 0 saturated carbocycles. The first-order chi connectivity index (χ1) is 11.7. The van der Waals surface area contributed by atoms with Gasteiger partial charge in [0.1, 0.15) is 0 Å². The molecule has 0 spiro atoms. The minimum atomic E-state index is 0.581. The van der Waals surface area contributed by atoms with Crippen LogP contribution in [0.5, 0.6) is 0 Å². The maximum absolute atomic E-state index is 5.32. The number of hydrogen-bond donors (Lipinski definition) is 2. The van der Waals surface area contributed by atoms with E-state index in [1.54, 1.807) is 6.20 Å². The third-order valence-corrected chi connectivity index (χ3v) is 3.79. The molecule has 0 aliphatic carbocycles. The molecule has 124 valence electrons. The van der Waals surface area contributed by atoms with Gasteiger partial charge in [-0.3, -0.25) is 9.36 Å². The van der Waals surface area contributed by atoms with E-state index >= 15 is 0 Å². The van der Waals surface area contributed by atoms with Crippen LogP contribution in [0, 0.1) is 0 Å². The van der Waals surface area contributed by atoms with E-state index in [-0.39, 0.29) is 0 Å². The van der Waals surface area contributed by atoms with Crippen LogP contribution in [-0.4, -0.2) is 24.7 Å². The third-order valence-electron chi connectivity index (χ3n) is 3.54. The molecule has 0 fully saturated rings. The van der Waals surface area contributed by atoms with Gasteiger partial charge in [-0.25, -0.2) is 0 Å². The van der Waals surface area contributed by atoms with Gasteiger partial charge in [-0.2, -0.15) is 10.2 Å². The summed E-state index contributed by atoms with van der Waals surface area (Å²) in [6.07, 6.45) is 7.59. The molecule has 1 aromatic carbocycles. The minimum Gasteiger partial charge on any atom is -0.358 e. The number of aryl methyl sites for hydroxylation is 1. The summed E-state index contributed by atoms with van der Waals surface area (Å²) >= 11 is 5.32. The first-order valence-corrected chi connectivity index (χ1v) is 8.26. The highest BCUT2D eigenvalue weighted by Crippen LogP contribution is 2.08. The van der Waals surface area contributed by atoms with Gasteiger partial charge < -0.3 is 10.6 Å². The van der Waals surface area contributed by atoms with E-state index in [1.807, 2.05) is 46.2 Å². The smallest absolute Gasteiger partial charge is 0.171 e. The van der Waals surface area contributed by atoms with Crippen molar-refractivity contribution in [1.82, 2.24) is 24.9 Å².